The number of rotatable bonds is 9. The molecule has 0 saturated heterocycles. The molecule has 0 radical (unpaired) electrons. The molecular weight excluding hydrogens is 240 g/mol. The zero-order valence-electron chi connectivity index (χ0n) is 10.5. The number of urea groups is 1. The second kappa shape index (κ2) is 10.3. The van der Waals surface area contributed by atoms with Gasteiger partial charge in [0.1, 0.15) is 6.04 Å². The summed E-state index contributed by atoms with van der Waals surface area (Å²) in [5.41, 5.74) is 0. The Bertz CT molecular complexity index is 237. The van der Waals surface area contributed by atoms with Crippen LogP contribution in [0.4, 0.5) is 4.79 Å². The molecule has 0 saturated carbocycles. The molecule has 6 heteroatoms. The van der Waals surface area contributed by atoms with Crippen LogP contribution in [0.2, 0.25) is 0 Å². The number of unbranched alkanes of at least 4 members (excludes halogenated alkanes) is 3. The first-order chi connectivity index (χ1) is 8.07. The van der Waals surface area contributed by atoms with Crippen LogP contribution in [0.5, 0.6) is 0 Å². The minimum atomic E-state index is -1.03. The number of carbonyl (C=O) groups excluding carboxylic acids is 1. The predicted octanol–water partition coefficient (Wildman–Crippen LogP) is 1.68. The van der Waals surface area contributed by atoms with Gasteiger partial charge in [-0.25, -0.2) is 4.79 Å². The van der Waals surface area contributed by atoms with Crippen molar-refractivity contribution in [3.63, 3.8) is 0 Å². The quantitative estimate of drug-likeness (QED) is 0.552. The van der Waals surface area contributed by atoms with E-state index >= 15 is 0 Å². The summed E-state index contributed by atoms with van der Waals surface area (Å²) < 4.78 is 0. The zero-order chi connectivity index (χ0) is 13.1. The number of carboxylic acid groups (broad SMARTS) is 1. The van der Waals surface area contributed by atoms with E-state index in [9.17, 15) is 9.59 Å². The van der Waals surface area contributed by atoms with Crippen LogP contribution in [0.15, 0.2) is 0 Å². The molecule has 0 aliphatic carbocycles. The third-order valence-electron chi connectivity index (χ3n) is 2.28. The lowest BCUT2D eigenvalue weighted by Crippen LogP contribution is -2.44. The summed E-state index contributed by atoms with van der Waals surface area (Å²) in [4.78, 5) is 21.7. The van der Waals surface area contributed by atoms with Crippen LogP contribution in [0.3, 0.4) is 0 Å². The number of carbonyl (C=O) groups is 2. The van der Waals surface area contributed by atoms with Gasteiger partial charge in [-0.1, -0.05) is 12.8 Å². The number of amides is 2. The smallest absolute Gasteiger partial charge is 0.325 e. The first-order valence-electron chi connectivity index (χ1n) is 5.84. The van der Waals surface area contributed by atoms with Crippen molar-refractivity contribution in [2.75, 3.05) is 18.6 Å². The second-order valence-electron chi connectivity index (χ2n) is 3.87. The summed E-state index contributed by atoms with van der Waals surface area (Å²) >= 11 is 1.84. The van der Waals surface area contributed by atoms with Crippen molar-refractivity contribution >= 4 is 23.8 Å². The Hall–Kier alpha value is -0.910. The monoisotopic (exact) mass is 262 g/mol. The molecule has 0 aromatic carbocycles. The van der Waals surface area contributed by atoms with Gasteiger partial charge in [0, 0.05) is 6.54 Å². The van der Waals surface area contributed by atoms with Crippen LogP contribution < -0.4 is 10.6 Å². The highest BCUT2D eigenvalue weighted by molar-refractivity contribution is 7.98. The van der Waals surface area contributed by atoms with Crippen LogP contribution in [-0.2, 0) is 4.79 Å². The summed E-state index contributed by atoms with van der Waals surface area (Å²) in [5.74, 6) is 0.154. The third kappa shape index (κ3) is 9.99. The molecule has 5 nitrogen and oxygen atoms in total. The van der Waals surface area contributed by atoms with Gasteiger partial charge < -0.3 is 15.7 Å². The highest BCUT2D eigenvalue weighted by Crippen LogP contribution is 2.03. The number of aliphatic carboxylic acids is 1. The number of hydrogen-bond donors (Lipinski definition) is 3. The molecule has 0 aromatic rings. The van der Waals surface area contributed by atoms with Crippen LogP contribution in [0.1, 0.15) is 32.6 Å². The molecule has 0 aliphatic heterocycles. The van der Waals surface area contributed by atoms with Gasteiger partial charge in [-0.3, -0.25) is 4.79 Å². The molecule has 0 heterocycles. The van der Waals surface area contributed by atoms with Gasteiger partial charge in [0.25, 0.3) is 0 Å². The molecule has 0 aliphatic rings. The highest BCUT2D eigenvalue weighted by atomic mass is 32.2. The van der Waals surface area contributed by atoms with E-state index in [2.05, 4.69) is 16.9 Å². The maximum Gasteiger partial charge on any atom is 0.325 e. The normalized spacial score (nSPS) is 11.9. The minimum Gasteiger partial charge on any atom is -0.480 e. The van der Waals surface area contributed by atoms with Crippen molar-refractivity contribution in [1.82, 2.24) is 10.6 Å². The molecule has 0 spiro atoms. The fourth-order valence-corrected chi connectivity index (χ4v) is 1.73. The Morgan fingerprint density at radius 2 is 1.88 bits per heavy atom. The van der Waals surface area contributed by atoms with Crippen molar-refractivity contribution < 1.29 is 14.7 Å². The topological polar surface area (TPSA) is 78.4 Å². The molecule has 2 amide bonds. The van der Waals surface area contributed by atoms with Crippen LogP contribution in [-0.4, -0.2) is 41.7 Å². The fourth-order valence-electron chi connectivity index (χ4n) is 1.24. The van der Waals surface area contributed by atoms with E-state index in [1.807, 2.05) is 11.8 Å². The lowest BCUT2D eigenvalue weighted by Gasteiger charge is -2.10. The van der Waals surface area contributed by atoms with E-state index in [0.29, 0.717) is 6.54 Å². The number of hydrogen-bond acceptors (Lipinski definition) is 3. The van der Waals surface area contributed by atoms with Crippen LogP contribution in [0, 0.1) is 0 Å². The van der Waals surface area contributed by atoms with Crippen molar-refractivity contribution in [3.8, 4) is 0 Å². The maximum absolute atomic E-state index is 11.2. The SMILES string of the molecule is CSCCCCCCNC(=O)N[C@@H](C)C(=O)O. The molecule has 0 aromatic heterocycles. The Kier molecular flexibility index (Phi) is 9.71. The first kappa shape index (κ1) is 16.1. The first-order valence-corrected chi connectivity index (χ1v) is 7.23. The summed E-state index contributed by atoms with van der Waals surface area (Å²) in [7, 11) is 0. The largest absolute Gasteiger partial charge is 0.480 e. The molecule has 0 bridgehead atoms. The van der Waals surface area contributed by atoms with E-state index in [-0.39, 0.29) is 0 Å². The standard InChI is InChI=1S/C11H22N2O3S/c1-9(10(14)15)13-11(16)12-7-5-3-4-6-8-17-2/h9H,3-8H2,1-2H3,(H,14,15)(H2,12,13,16)/t9-/m0/s1. The van der Waals surface area contributed by atoms with Gasteiger partial charge in [-0.15, -0.1) is 0 Å². The van der Waals surface area contributed by atoms with E-state index < -0.39 is 18.0 Å². The molecule has 3 N–H and O–H groups in total. The molecule has 1 atom stereocenters. The molecule has 100 valence electrons. The van der Waals surface area contributed by atoms with E-state index in [0.717, 1.165) is 12.8 Å². The number of carboxylic acids is 1. The Labute approximate surface area is 107 Å². The van der Waals surface area contributed by atoms with Gasteiger partial charge in [0.05, 0.1) is 0 Å². The Balaban J connectivity index is 3.36. The fraction of sp³-hybridized carbons (Fsp3) is 0.818. The van der Waals surface area contributed by atoms with Crippen molar-refractivity contribution in [3.05, 3.63) is 0 Å². The average Bonchev–Trinajstić information content (AvgIpc) is 2.27. The van der Waals surface area contributed by atoms with Gasteiger partial charge in [0.15, 0.2) is 0 Å². The second-order valence-corrected chi connectivity index (χ2v) is 4.85. The molecule has 0 unspecified atom stereocenters. The molecular formula is C11H22N2O3S. The minimum absolute atomic E-state index is 0.413. The predicted molar refractivity (Wildman–Crippen MR) is 70.5 cm³/mol. The lowest BCUT2D eigenvalue weighted by atomic mass is 10.2. The molecule has 0 fully saturated rings. The number of thioether (sulfide) groups is 1. The van der Waals surface area contributed by atoms with E-state index in [4.69, 9.17) is 5.11 Å². The summed E-state index contributed by atoms with van der Waals surface area (Å²) in [6, 6.07) is -1.26. The lowest BCUT2D eigenvalue weighted by molar-refractivity contribution is -0.138. The van der Waals surface area contributed by atoms with E-state index in [1.165, 1.54) is 25.5 Å². The van der Waals surface area contributed by atoms with E-state index in [1.54, 1.807) is 0 Å². The van der Waals surface area contributed by atoms with Gasteiger partial charge in [-0.05, 0) is 31.8 Å². The van der Waals surface area contributed by atoms with Gasteiger partial charge in [0.2, 0.25) is 0 Å². The van der Waals surface area contributed by atoms with Crippen molar-refractivity contribution in [1.29, 1.82) is 0 Å². The Morgan fingerprint density at radius 3 is 2.47 bits per heavy atom. The average molecular weight is 262 g/mol. The number of nitrogens with one attached hydrogen (secondary N) is 2. The van der Waals surface area contributed by atoms with Gasteiger partial charge >= 0.3 is 12.0 Å². The van der Waals surface area contributed by atoms with Crippen molar-refractivity contribution in [2.45, 2.75) is 38.6 Å². The zero-order valence-corrected chi connectivity index (χ0v) is 11.3. The highest BCUT2D eigenvalue weighted by Gasteiger charge is 2.12. The van der Waals surface area contributed by atoms with Crippen LogP contribution in [0.25, 0.3) is 0 Å². The molecule has 0 rings (SSSR count). The summed E-state index contributed by atoms with van der Waals surface area (Å²) in [6.45, 7) is 2.03. The summed E-state index contributed by atoms with van der Waals surface area (Å²) in [5, 5.41) is 13.6. The third-order valence-corrected chi connectivity index (χ3v) is 2.98. The van der Waals surface area contributed by atoms with Gasteiger partial charge in [-0.2, -0.15) is 11.8 Å². The Morgan fingerprint density at radius 1 is 1.24 bits per heavy atom. The van der Waals surface area contributed by atoms with Crippen molar-refractivity contribution in [2.24, 2.45) is 0 Å². The summed E-state index contributed by atoms with van der Waals surface area (Å²) in [6.07, 6.45) is 6.51. The maximum atomic E-state index is 11.2. The van der Waals surface area contributed by atoms with Crippen LogP contribution >= 0.6 is 11.8 Å². The molecule has 17 heavy (non-hydrogen) atoms.